The molecule has 1 N–H and O–H groups in total. The number of guanidine groups is 1. The molecular weight excluding hydrogens is 375 g/mol. The lowest BCUT2D eigenvalue weighted by atomic mass is 10.2. The Bertz CT molecular complexity index is 439. The van der Waals surface area contributed by atoms with Crippen molar-refractivity contribution >= 4 is 41.5 Å². The summed E-state index contributed by atoms with van der Waals surface area (Å²) in [5.74, 6) is 1.01. The molecule has 0 aromatic carbocycles. The summed E-state index contributed by atoms with van der Waals surface area (Å²) in [6.07, 6.45) is 3.27. The maximum atomic E-state index is 5.44. The monoisotopic (exact) mass is 394 g/mol. The van der Waals surface area contributed by atoms with Gasteiger partial charge in [0, 0.05) is 24.7 Å². The molecule has 0 amide bonds. The fourth-order valence-corrected chi connectivity index (χ4v) is 3.18. The number of nitrogens with zero attached hydrogens (tertiary/aromatic N) is 3. The van der Waals surface area contributed by atoms with Crippen LogP contribution in [0.2, 0.25) is 0 Å². The second-order valence-corrected chi connectivity index (χ2v) is 5.71. The first-order valence-electron chi connectivity index (χ1n) is 6.29. The lowest BCUT2D eigenvalue weighted by Gasteiger charge is -2.23. The highest BCUT2D eigenvalue weighted by Crippen LogP contribution is 2.25. The van der Waals surface area contributed by atoms with Crippen LogP contribution >= 0.6 is 35.5 Å². The lowest BCUT2D eigenvalue weighted by Crippen LogP contribution is -2.41. The molecule has 0 saturated carbocycles. The summed E-state index contributed by atoms with van der Waals surface area (Å²) in [7, 11) is 1.79. The first kappa shape index (κ1) is 15.0. The van der Waals surface area contributed by atoms with Gasteiger partial charge in [-0.25, -0.2) is 4.37 Å². The molecule has 1 unspecified atom stereocenters. The van der Waals surface area contributed by atoms with Crippen LogP contribution in [0.5, 0.6) is 0 Å². The van der Waals surface area contributed by atoms with Crippen molar-refractivity contribution in [1.29, 1.82) is 0 Å². The molecule has 7 heteroatoms. The number of halogens is 1. The van der Waals surface area contributed by atoms with Gasteiger partial charge in [0.25, 0.3) is 0 Å². The van der Waals surface area contributed by atoms with E-state index in [1.807, 2.05) is 6.20 Å². The summed E-state index contributed by atoms with van der Waals surface area (Å²) in [6, 6.07) is 2.83. The molecule has 0 radical (unpaired) electrons. The molecule has 3 rings (SSSR count). The van der Waals surface area contributed by atoms with Gasteiger partial charge in [0.15, 0.2) is 5.96 Å². The van der Waals surface area contributed by atoms with Gasteiger partial charge < -0.3 is 15.0 Å². The van der Waals surface area contributed by atoms with E-state index >= 15 is 0 Å². The molecular formula is C12H19IN4OS. The molecule has 1 saturated heterocycles. The lowest BCUT2D eigenvalue weighted by molar-refractivity contribution is 0.113. The maximum Gasteiger partial charge on any atom is 0.194 e. The SMILES string of the molecule is CO[C@H]1C[C@H]2CN=C(NC(C)c3ccns3)N2C1.I. The number of aliphatic imine (C=N–C) groups is 1. The van der Waals surface area contributed by atoms with Crippen molar-refractivity contribution in [1.82, 2.24) is 14.6 Å². The summed E-state index contributed by atoms with van der Waals surface area (Å²) in [5, 5.41) is 3.49. The summed E-state index contributed by atoms with van der Waals surface area (Å²) in [6.45, 7) is 3.98. The van der Waals surface area contributed by atoms with Crippen molar-refractivity contribution in [3.05, 3.63) is 17.1 Å². The van der Waals surface area contributed by atoms with E-state index in [9.17, 15) is 0 Å². The van der Waals surface area contributed by atoms with E-state index < -0.39 is 0 Å². The molecule has 5 nitrogen and oxygen atoms in total. The molecule has 19 heavy (non-hydrogen) atoms. The zero-order valence-corrected chi connectivity index (χ0v) is 14.2. The molecule has 3 heterocycles. The normalized spacial score (nSPS) is 26.6. The van der Waals surface area contributed by atoms with E-state index in [-0.39, 0.29) is 30.0 Å². The number of rotatable bonds is 3. The van der Waals surface area contributed by atoms with Crippen molar-refractivity contribution in [3.8, 4) is 0 Å². The molecule has 106 valence electrons. The molecule has 2 aliphatic heterocycles. The second kappa shape index (κ2) is 6.36. The van der Waals surface area contributed by atoms with Gasteiger partial charge in [-0.15, -0.1) is 24.0 Å². The second-order valence-electron chi connectivity index (χ2n) is 4.84. The van der Waals surface area contributed by atoms with Crippen LogP contribution in [0.15, 0.2) is 17.3 Å². The highest BCUT2D eigenvalue weighted by molar-refractivity contribution is 14.0. The predicted octanol–water partition coefficient (Wildman–Crippen LogP) is 1.87. The van der Waals surface area contributed by atoms with Gasteiger partial charge in [-0.05, 0) is 30.9 Å². The van der Waals surface area contributed by atoms with Crippen molar-refractivity contribution in [2.24, 2.45) is 4.99 Å². The minimum atomic E-state index is 0. The van der Waals surface area contributed by atoms with E-state index in [2.05, 4.69) is 32.6 Å². The van der Waals surface area contributed by atoms with Gasteiger partial charge in [0.05, 0.1) is 24.7 Å². The van der Waals surface area contributed by atoms with Crippen LogP contribution in [0.4, 0.5) is 0 Å². The molecule has 1 fully saturated rings. The molecule has 0 spiro atoms. The van der Waals surface area contributed by atoms with Crippen molar-refractivity contribution in [2.45, 2.75) is 31.5 Å². The van der Waals surface area contributed by atoms with E-state index in [1.54, 1.807) is 7.11 Å². The van der Waals surface area contributed by atoms with Gasteiger partial charge in [0.1, 0.15) is 0 Å². The summed E-state index contributed by atoms with van der Waals surface area (Å²) < 4.78 is 9.58. The number of methoxy groups -OCH3 is 1. The van der Waals surface area contributed by atoms with Crippen LogP contribution in [0, 0.1) is 0 Å². The third-order valence-corrected chi connectivity index (χ3v) is 4.59. The standard InChI is InChI=1S/C12H18N4OS.HI/c1-8(11-3-4-14-18-11)15-12-13-6-9-5-10(17-2)7-16(9)12;/h3-4,8-10H,5-7H2,1-2H3,(H,13,15);1H/t8?,9-,10-;/m0./s1. The topological polar surface area (TPSA) is 49.8 Å². The van der Waals surface area contributed by atoms with Crippen molar-refractivity contribution in [3.63, 3.8) is 0 Å². The third-order valence-electron chi connectivity index (χ3n) is 3.66. The van der Waals surface area contributed by atoms with Crippen LogP contribution in [-0.2, 0) is 4.74 Å². The maximum absolute atomic E-state index is 5.44. The fraction of sp³-hybridized carbons (Fsp3) is 0.667. The number of hydrogen-bond acceptors (Lipinski definition) is 6. The minimum Gasteiger partial charge on any atom is -0.380 e. The average Bonchev–Trinajstić information content (AvgIpc) is 3.05. The first-order valence-corrected chi connectivity index (χ1v) is 7.06. The number of aromatic nitrogens is 1. The molecule has 2 aliphatic rings. The molecule has 0 bridgehead atoms. The predicted molar refractivity (Wildman–Crippen MR) is 87.3 cm³/mol. The number of fused-ring (bicyclic) bond motifs is 1. The van der Waals surface area contributed by atoms with Crippen LogP contribution < -0.4 is 5.32 Å². The van der Waals surface area contributed by atoms with Gasteiger partial charge in [0.2, 0.25) is 0 Å². The third kappa shape index (κ3) is 3.03. The average molecular weight is 394 g/mol. The summed E-state index contributed by atoms with van der Waals surface area (Å²) in [5.41, 5.74) is 0. The van der Waals surface area contributed by atoms with Gasteiger partial charge in [-0.3, -0.25) is 4.99 Å². The molecule has 3 atom stereocenters. The quantitative estimate of drug-likeness (QED) is 0.796. The largest absolute Gasteiger partial charge is 0.380 e. The van der Waals surface area contributed by atoms with E-state index in [0.29, 0.717) is 12.1 Å². The first-order chi connectivity index (χ1) is 8.78. The van der Waals surface area contributed by atoms with E-state index in [0.717, 1.165) is 25.5 Å². The smallest absolute Gasteiger partial charge is 0.194 e. The van der Waals surface area contributed by atoms with Gasteiger partial charge >= 0.3 is 0 Å². The Hall–Kier alpha value is -0.410. The summed E-state index contributed by atoms with van der Waals surface area (Å²) >= 11 is 1.53. The summed E-state index contributed by atoms with van der Waals surface area (Å²) in [4.78, 5) is 8.18. The Balaban J connectivity index is 0.00000133. The Morgan fingerprint density at radius 3 is 3.11 bits per heavy atom. The zero-order chi connectivity index (χ0) is 12.5. The highest BCUT2D eigenvalue weighted by Gasteiger charge is 2.38. The number of ether oxygens (including phenoxy) is 1. The van der Waals surface area contributed by atoms with Gasteiger partial charge in [-0.1, -0.05) is 0 Å². The van der Waals surface area contributed by atoms with E-state index in [1.165, 1.54) is 16.4 Å². The Labute approximate surface area is 134 Å². The van der Waals surface area contributed by atoms with Crippen LogP contribution in [0.25, 0.3) is 0 Å². The van der Waals surface area contributed by atoms with E-state index in [4.69, 9.17) is 4.74 Å². The molecule has 0 aliphatic carbocycles. The number of hydrogen-bond donors (Lipinski definition) is 1. The molecule has 1 aromatic rings. The number of nitrogens with one attached hydrogen (secondary N) is 1. The van der Waals surface area contributed by atoms with Crippen LogP contribution in [0.1, 0.15) is 24.3 Å². The zero-order valence-electron chi connectivity index (χ0n) is 11.1. The van der Waals surface area contributed by atoms with Crippen molar-refractivity contribution < 1.29 is 4.74 Å². The Morgan fingerprint density at radius 2 is 2.42 bits per heavy atom. The van der Waals surface area contributed by atoms with Gasteiger partial charge in [-0.2, -0.15) is 0 Å². The fourth-order valence-electron chi connectivity index (χ4n) is 2.60. The highest BCUT2D eigenvalue weighted by atomic mass is 127. The van der Waals surface area contributed by atoms with Crippen LogP contribution in [0.3, 0.4) is 0 Å². The van der Waals surface area contributed by atoms with Crippen LogP contribution in [-0.4, -0.2) is 47.6 Å². The van der Waals surface area contributed by atoms with Crippen molar-refractivity contribution in [2.75, 3.05) is 20.2 Å². The minimum absolute atomic E-state index is 0. The Morgan fingerprint density at radius 1 is 1.58 bits per heavy atom. The Kier molecular flexibility index (Phi) is 5.02. The molecule has 1 aromatic heterocycles.